The number of nitrogens with one attached hydrogen (secondary N) is 2. The molecule has 26 heavy (non-hydrogen) atoms. The van der Waals surface area contributed by atoms with E-state index in [0.29, 0.717) is 29.7 Å². The molecule has 0 radical (unpaired) electrons. The fourth-order valence-corrected chi connectivity index (χ4v) is 2.68. The Labute approximate surface area is 160 Å². The van der Waals surface area contributed by atoms with Crippen LogP contribution in [0.5, 0.6) is 0 Å². The van der Waals surface area contributed by atoms with Gasteiger partial charge in [-0.2, -0.15) is 4.99 Å². The van der Waals surface area contributed by atoms with E-state index in [1.54, 1.807) is 30.5 Å². The summed E-state index contributed by atoms with van der Waals surface area (Å²) in [4.78, 5) is 14.9. The first kappa shape index (κ1) is 18.5. The number of benzene rings is 1. The van der Waals surface area contributed by atoms with E-state index in [1.807, 2.05) is 5.48 Å². The van der Waals surface area contributed by atoms with E-state index in [-0.39, 0.29) is 10.9 Å². The number of aromatic nitrogens is 2. The monoisotopic (exact) mass is 392 g/mol. The lowest BCUT2D eigenvalue weighted by Crippen LogP contribution is -2.37. The van der Waals surface area contributed by atoms with Gasteiger partial charge in [0.05, 0.1) is 25.6 Å². The Bertz CT molecular complexity index is 796. The highest BCUT2D eigenvalue weighted by Crippen LogP contribution is 2.14. The number of amidine groups is 1. The Morgan fingerprint density at radius 1 is 1.23 bits per heavy atom. The zero-order chi connectivity index (χ0) is 18.4. The number of aliphatic imine (C=N–C) groups is 1. The number of ether oxygens (including phenoxy) is 1. The van der Waals surface area contributed by atoms with Crippen LogP contribution in [0.25, 0.3) is 0 Å². The van der Waals surface area contributed by atoms with Gasteiger partial charge in [0.15, 0.2) is 10.9 Å². The summed E-state index contributed by atoms with van der Waals surface area (Å²) in [5.74, 6) is 0.782. The minimum absolute atomic E-state index is 0.0964. The van der Waals surface area contributed by atoms with Crippen molar-refractivity contribution in [3.05, 3.63) is 47.4 Å². The van der Waals surface area contributed by atoms with E-state index in [0.717, 1.165) is 18.8 Å². The van der Waals surface area contributed by atoms with Gasteiger partial charge in [0.25, 0.3) is 0 Å². The standard InChI is InChI=1S/C16H17ClN6O2S/c17-11-1-3-12(4-2-11)19-16(26)21-15(22-24)13-9-18-10-14(20-13)23-5-7-25-8-6-23/h1-4,9-10,24H,5-8H2,(H2,19,21,22,26). The van der Waals surface area contributed by atoms with Crippen LogP contribution in [0, 0.1) is 0 Å². The quantitative estimate of drug-likeness (QED) is 0.316. The van der Waals surface area contributed by atoms with Gasteiger partial charge in [0, 0.05) is 23.8 Å². The zero-order valence-electron chi connectivity index (χ0n) is 13.7. The Morgan fingerprint density at radius 3 is 2.65 bits per heavy atom. The molecule has 0 saturated carbocycles. The number of anilines is 2. The van der Waals surface area contributed by atoms with E-state index in [1.165, 1.54) is 6.20 Å². The van der Waals surface area contributed by atoms with E-state index in [9.17, 15) is 5.21 Å². The van der Waals surface area contributed by atoms with E-state index in [2.05, 4.69) is 25.2 Å². The largest absolute Gasteiger partial charge is 0.378 e. The average molecular weight is 393 g/mol. The van der Waals surface area contributed by atoms with E-state index in [4.69, 9.17) is 28.6 Å². The van der Waals surface area contributed by atoms with Gasteiger partial charge in [-0.1, -0.05) is 11.6 Å². The predicted molar refractivity (Wildman–Crippen MR) is 104 cm³/mol. The normalized spacial score (nSPS) is 14.8. The third kappa shape index (κ3) is 4.85. The van der Waals surface area contributed by atoms with Crippen LogP contribution in [-0.4, -0.2) is 52.4 Å². The predicted octanol–water partition coefficient (Wildman–Crippen LogP) is 2.09. The lowest BCUT2D eigenvalue weighted by molar-refractivity contribution is 0.122. The van der Waals surface area contributed by atoms with Crippen molar-refractivity contribution >= 4 is 46.3 Å². The Morgan fingerprint density at radius 2 is 1.96 bits per heavy atom. The van der Waals surface area contributed by atoms with Crippen LogP contribution in [0.1, 0.15) is 5.69 Å². The maximum atomic E-state index is 9.45. The topological polar surface area (TPSA) is 94.9 Å². The van der Waals surface area contributed by atoms with Crippen molar-refractivity contribution < 1.29 is 9.94 Å². The number of thiocarbonyl (C=S) groups is 1. The number of hydroxylamine groups is 1. The van der Waals surface area contributed by atoms with Crippen LogP contribution >= 0.6 is 23.8 Å². The molecule has 3 N–H and O–H groups in total. The number of hydrogen-bond acceptors (Lipinski definition) is 6. The number of morpholine rings is 1. The highest BCUT2D eigenvalue weighted by molar-refractivity contribution is 7.80. The molecule has 136 valence electrons. The molecule has 1 aliphatic heterocycles. The van der Waals surface area contributed by atoms with Crippen molar-refractivity contribution in [1.29, 1.82) is 0 Å². The highest BCUT2D eigenvalue weighted by atomic mass is 35.5. The average Bonchev–Trinajstić information content (AvgIpc) is 2.69. The van der Waals surface area contributed by atoms with Gasteiger partial charge in [-0.05, 0) is 36.5 Å². The van der Waals surface area contributed by atoms with Crippen molar-refractivity contribution in [3.63, 3.8) is 0 Å². The van der Waals surface area contributed by atoms with E-state index >= 15 is 0 Å². The van der Waals surface area contributed by atoms with Crippen LogP contribution in [0.4, 0.5) is 11.5 Å². The minimum atomic E-state index is 0.0964. The van der Waals surface area contributed by atoms with Gasteiger partial charge in [0.2, 0.25) is 0 Å². The van der Waals surface area contributed by atoms with Crippen molar-refractivity contribution in [3.8, 4) is 0 Å². The summed E-state index contributed by atoms with van der Waals surface area (Å²) in [5, 5.41) is 13.2. The molecule has 2 heterocycles. The molecular formula is C16H17ClN6O2S. The van der Waals surface area contributed by atoms with Crippen molar-refractivity contribution in [2.24, 2.45) is 4.99 Å². The zero-order valence-corrected chi connectivity index (χ0v) is 15.3. The molecule has 1 saturated heterocycles. The van der Waals surface area contributed by atoms with Crippen LogP contribution < -0.4 is 15.7 Å². The summed E-state index contributed by atoms with van der Waals surface area (Å²) in [5.41, 5.74) is 3.13. The van der Waals surface area contributed by atoms with Gasteiger partial charge in [-0.3, -0.25) is 15.7 Å². The first-order valence-electron chi connectivity index (χ1n) is 7.86. The fraction of sp³-hybridized carbons (Fsp3) is 0.250. The Kier molecular flexibility index (Phi) is 6.29. The molecule has 0 amide bonds. The van der Waals surface area contributed by atoms with Gasteiger partial charge in [-0.15, -0.1) is 0 Å². The molecular weight excluding hydrogens is 376 g/mol. The second-order valence-electron chi connectivity index (χ2n) is 5.37. The molecule has 1 aliphatic rings. The summed E-state index contributed by atoms with van der Waals surface area (Å²) < 4.78 is 5.34. The molecule has 10 heteroatoms. The van der Waals surface area contributed by atoms with Crippen LogP contribution in [0.3, 0.4) is 0 Å². The molecule has 2 aromatic rings. The minimum Gasteiger partial charge on any atom is -0.378 e. The summed E-state index contributed by atoms with van der Waals surface area (Å²) in [7, 11) is 0. The molecule has 1 aromatic carbocycles. The summed E-state index contributed by atoms with van der Waals surface area (Å²) in [6, 6.07) is 7.02. The number of nitrogens with zero attached hydrogens (tertiary/aromatic N) is 4. The molecule has 0 bridgehead atoms. The molecule has 1 fully saturated rings. The number of hydrogen-bond donors (Lipinski definition) is 3. The van der Waals surface area contributed by atoms with Crippen molar-refractivity contribution in [1.82, 2.24) is 15.4 Å². The van der Waals surface area contributed by atoms with Crippen LogP contribution in [-0.2, 0) is 4.74 Å². The highest BCUT2D eigenvalue weighted by Gasteiger charge is 2.15. The van der Waals surface area contributed by atoms with Gasteiger partial charge in [0.1, 0.15) is 11.5 Å². The molecule has 0 aliphatic carbocycles. The van der Waals surface area contributed by atoms with Gasteiger partial charge < -0.3 is 15.0 Å². The smallest absolute Gasteiger partial charge is 0.199 e. The molecule has 1 aromatic heterocycles. The van der Waals surface area contributed by atoms with Gasteiger partial charge >= 0.3 is 0 Å². The summed E-state index contributed by atoms with van der Waals surface area (Å²) >= 11 is 11.1. The third-order valence-electron chi connectivity index (χ3n) is 3.61. The molecule has 0 atom stereocenters. The molecule has 0 spiro atoms. The van der Waals surface area contributed by atoms with Crippen molar-refractivity contribution in [2.45, 2.75) is 0 Å². The van der Waals surface area contributed by atoms with Crippen LogP contribution in [0.15, 0.2) is 41.7 Å². The number of halogens is 1. The maximum absolute atomic E-state index is 9.45. The second-order valence-corrected chi connectivity index (χ2v) is 6.19. The summed E-state index contributed by atoms with van der Waals surface area (Å²) in [6.45, 7) is 2.74. The number of rotatable bonds is 3. The Balaban J connectivity index is 1.75. The first-order valence-corrected chi connectivity index (χ1v) is 8.65. The lowest BCUT2D eigenvalue weighted by atomic mass is 10.3. The van der Waals surface area contributed by atoms with E-state index < -0.39 is 0 Å². The second kappa shape index (κ2) is 8.86. The maximum Gasteiger partial charge on any atom is 0.199 e. The fourth-order valence-electron chi connectivity index (χ4n) is 2.34. The molecule has 0 unspecified atom stereocenters. The van der Waals surface area contributed by atoms with Gasteiger partial charge in [-0.25, -0.2) is 4.98 Å². The Hall–Kier alpha value is -2.33. The lowest BCUT2D eigenvalue weighted by Gasteiger charge is -2.27. The van der Waals surface area contributed by atoms with Crippen LogP contribution in [0.2, 0.25) is 5.02 Å². The third-order valence-corrected chi connectivity index (χ3v) is 4.06. The summed E-state index contributed by atoms with van der Waals surface area (Å²) in [6.07, 6.45) is 3.16. The molecule has 3 rings (SSSR count). The van der Waals surface area contributed by atoms with Crippen molar-refractivity contribution in [2.75, 3.05) is 36.5 Å². The molecule has 8 nitrogen and oxygen atoms in total. The first-order chi connectivity index (χ1) is 12.7. The SMILES string of the molecule is ON/C(=N\C(=S)Nc1ccc(Cl)cc1)c1cncc(N2CCOCC2)n1.